The van der Waals surface area contributed by atoms with E-state index in [2.05, 4.69) is 37.0 Å². The zero-order valence-corrected chi connectivity index (χ0v) is 10.7. The van der Waals surface area contributed by atoms with Crippen LogP contribution in [0.25, 0.3) is 11.1 Å². The Kier molecular flexibility index (Phi) is 4.53. The highest BCUT2D eigenvalue weighted by molar-refractivity contribution is 5.73. The van der Waals surface area contributed by atoms with Gasteiger partial charge in [-0.2, -0.15) is 0 Å². The van der Waals surface area contributed by atoms with Crippen LogP contribution in [0.4, 0.5) is 0 Å². The number of hydrogen-bond donors (Lipinski definition) is 1. The van der Waals surface area contributed by atoms with Gasteiger partial charge in [0.2, 0.25) is 0 Å². The summed E-state index contributed by atoms with van der Waals surface area (Å²) in [6.07, 6.45) is 4.20. The Morgan fingerprint density at radius 3 is 2.44 bits per heavy atom. The van der Waals surface area contributed by atoms with Crippen molar-refractivity contribution in [3.63, 3.8) is 0 Å². The van der Waals surface area contributed by atoms with Gasteiger partial charge in [0.05, 0.1) is 11.4 Å². The Labute approximate surface area is 98.5 Å². The molecule has 1 rings (SSSR count). The molecule has 1 N–H and O–H groups in total. The number of nitrogens with one attached hydrogen (secondary N) is 1. The minimum Gasteiger partial charge on any atom is -0.342 e. The van der Waals surface area contributed by atoms with Crippen LogP contribution in [-0.2, 0) is 6.42 Å². The molecule has 16 heavy (non-hydrogen) atoms. The molecule has 88 valence electrons. The van der Waals surface area contributed by atoms with Crippen LogP contribution < -0.4 is 0 Å². The van der Waals surface area contributed by atoms with Gasteiger partial charge in [-0.1, -0.05) is 33.4 Å². The molecule has 0 amide bonds. The van der Waals surface area contributed by atoms with E-state index >= 15 is 0 Å². The summed E-state index contributed by atoms with van der Waals surface area (Å²) in [7, 11) is 0. The smallest absolute Gasteiger partial charge is 0.107 e. The Morgan fingerprint density at radius 2 is 1.94 bits per heavy atom. The lowest BCUT2D eigenvalue weighted by molar-refractivity contribution is 0.853. The Balaban J connectivity index is 3.04. The number of nitrogens with zero attached hydrogens (tertiary/aromatic N) is 1. The maximum atomic E-state index is 4.59. The zero-order chi connectivity index (χ0) is 12.1. The molecule has 0 aliphatic rings. The van der Waals surface area contributed by atoms with E-state index in [-0.39, 0.29) is 0 Å². The second kappa shape index (κ2) is 5.69. The van der Waals surface area contributed by atoms with E-state index in [0.29, 0.717) is 0 Å². The monoisotopic (exact) mass is 218 g/mol. The van der Waals surface area contributed by atoms with Crippen molar-refractivity contribution in [3.8, 4) is 0 Å². The summed E-state index contributed by atoms with van der Waals surface area (Å²) < 4.78 is 0. The van der Waals surface area contributed by atoms with Gasteiger partial charge in [-0.25, -0.2) is 4.98 Å². The molecule has 0 saturated heterocycles. The fourth-order valence-electron chi connectivity index (χ4n) is 1.77. The quantitative estimate of drug-likeness (QED) is 0.761. The highest BCUT2D eigenvalue weighted by Gasteiger charge is 2.12. The van der Waals surface area contributed by atoms with E-state index in [1.54, 1.807) is 0 Å². The van der Waals surface area contributed by atoms with E-state index in [4.69, 9.17) is 0 Å². The SMILES string of the molecule is C=C(C)c1nc(CCC)[nH]c1C(=C)CCC. The first-order chi connectivity index (χ1) is 7.60. The molecule has 0 atom stereocenters. The standard InChI is InChI=1S/C14H22N2/c1-6-8-11(5)14-13(10(3)4)15-12(16-14)9-7-2/h3,5-9H2,1-2,4H3,(H,15,16). The van der Waals surface area contributed by atoms with Crippen LogP contribution in [0.3, 0.4) is 0 Å². The lowest BCUT2D eigenvalue weighted by Crippen LogP contribution is -1.89. The van der Waals surface area contributed by atoms with E-state index < -0.39 is 0 Å². The van der Waals surface area contributed by atoms with Crippen LogP contribution in [-0.4, -0.2) is 9.97 Å². The second-order valence-electron chi connectivity index (χ2n) is 4.29. The fourth-order valence-corrected chi connectivity index (χ4v) is 1.77. The van der Waals surface area contributed by atoms with Crippen LogP contribution in [0, 0.1) is 0 Å². The molecule has 0 radical (unpaired) electrons. The first-order valence-corrected chi connectivity index (χ1v) is 6.03. The largest absolute Gasteiger partial charge is 0.342 e. The molecule has 1 heterocycles. The first-order valence-electron chi connectivity index (χ1n) is 6.03. The zero-order valence-electron chi connectivity index (χ0n) is 10.7. The minimum atomic E-state index is 0.986. The summed E-state index contributed by atoms with van der Waals surface area (Å²) in [5, 5.41) is 0. The van der Waals surface area contributed by atoms with Crippen LogP contribution >= 0.6 is 0 Å². The molecule has 2 heteroatoms. The van der Waals surface area contributed by atoms with Crippen LogP contribution in [0.2, 0.25) is 0 Å². The molecule has 0 aromatic carbocycles. The Morgan fingerprint density at radius 1 is 1.25 bits per heavy atom. The normalized spacial score (nSPS) is 10.4. The van der Waals surface area contributed by atoms with E-state index in [1.165, 1.54) is 0 Å². The number of hydrogen-bond acceptors (Lipinski definition) is 1. The molecule has 1 aromatic heterocycles. The first kappa shape index (κ1) is 12.8. The van der Waals surface area contributed by atoms with Crippen LogP contribution in [0.1, 0.15) is 57.2 Å². The molecule has 0 bridgehead atoms. The maximum Gasteiger partial charge on any atom is 0.107 e. The fraction of sp³-hybridized carbons (Fsp3) is 0.500. The van der Waals surface area contributed by atoms with Gasteiger partial charge in [0.15, 0.2) is 0 Å². The topological polar surface area (TPSA) is 28.7 Å². The Bertz CT molecular complexity index is 385. The molecule has 0 saturated carbocycles. The average Bonchev–Trinajstić information content (AvgIpc) is 2.63. The molecule has 2 nitrogen and oxygen atoms in total. The summed E-state index contributed by atoms with van der Waals surface area (Å²) >= 11 is 0. The number of aromatic nitrogens is 2. The molecule has 0 spiro atoms. The number of imidazole rings is 1. The van der Waals surface area contributed by atoms with Crippen molar-refractivity contribution in [2.45, 2.75) is 46.5 Å². The number of allylic oxidation sites excluding steroid dienone is 2. The number of H-pyrrole nitrogens is 1. The third kappa shape index (κ3) is 2.84. The average molecular weight is 218 g/mol. The predicted octanol–water partition coefficient (Wildman–Crippen LogP) is 4.21. The number of aromatic amines is 1. The van der Waals surface area contributed by atoms with Crippen LogP contribution in [0.5, 0.6) is 0 Å². The predicted molar refractivity (Wildman–Crippen MR) is 71.2 cm³/mol. The van der Waals surface area contributed by atoms with Gasteiger partial charge in [-0.3, -0.25) is 0 Å². The number of aryl methyl sites for hydroxylation is 1. The van der Waals surface area contributed by atoms with Crippen molar-refractivity contribution >= 4 is 11.1 Å². The highest BCUT2D eigenvalue weighted by Crippen LogP contribution is 2.24. The summed E-state index contributed by atoms with van der Waals surface area (Å²) in [6, 6.07) is 0. The van der Waals surface area contributed by atoms with Crippen molar-refractivity contribution in [1.29, 1.82) is 0 Å². The number of rotatable bonds is 6. The molecule has 0 aliphatic carbocycles. The van der Waals surface area contributed by atoms with E-state index in [1.807, 2.05) is 6.92 Å². The van der Waals surface area contributed by atoms with Gasteiger partial charge in [0.1, 0.15) is 5.82 Å². The molecule has 0 aliphatic heterocycles. The third-order valence-electron chi connectivity index (χ3n) is 2.55. The summed E-state index contributed by atoms with van der Waals surface area (Å²) in [6.45, 7) is 14.4. The van der Waals surface area contributed by atoms with Crippen molar-refractivity contribution in [2.75, 3.05) is 0 Å². The van der Waals surface area contributed by atoms with E-state index in [9.17, 15) is 0 Å². The van der Waals surface area contributed by atoms with Gasteiger partial charge in [0, 0.05) is 6.42 Å². The molecule has 1 aromatic rings. The summed E-state index contributed by atoms with van der Waals surface area (Å²) in [4.78, 5) is 7.96. The van der Waals surface area contributed by atoms with Crippen LogP contribution in [0.15, 0.2) is 13.2 Å². The van der Waals surface area contributed by atoms with Crippen molar-refractivity contribution in [3.05, 3.63) is 30.4 Å². The van der Waals surface area contributed by atoms with Gasteiger partial charge < -0.3 is 4.98 Å². The second-order valence-corrected chi connectivity index (χ2v) is 4.29. The third-order valence-corrected chi connectivity index (χ3v) is 2.55. The van der Waals surface area contributed by atoms with Crippen molar-refractivity contribution in [1.82, 2.24) is 9.97 Å². The van der Waals surface area contributed by atoms with Crippen molar-refractivity contribution < 1.29 is 0 Å². The van der Waals surface area contributed by atoms with E-state index in [0.717, 1.165) is 54.0 Å². The lowest BCUT2D eigenvalue weighted by Gasteiger charge is -2.03. The van der Waals surface area contributed by atoms with Crippen molar-refractivity contribution in [2.24, 2.45) is 0 Å². The van der Waals surface area contributed by atoms with Gasteiger partial charge in [-0.15, -0.1) is 0 Å². The van der Waals surface area contributed by atoms with Gasteiger partial charge >= 0.3 is 0 Å². The molecular formula is C14H22N2. The summed E-state index contributed by atoms with van der Waals surface area (Å²) in [5.41, 5.74) is 4.21. The van der Waals surface area contributed by atoms with Gasteiger partial charge in [0.25, 0.3) is 0 Å². The summed E-state index contributed by atoms with van der Waals surface area (Å²) in [5.74, 6) is 1.05. The maximum absolute atomic E-state index is 4.59. The lowest BCUT2D eigenvalue weighted by atomic mass is 10.1. The minimum absolute atomic E-state index is 0.986. The van der Waals surface area contributed by atoms with Gasteiger partial charge in [-0.05, 0) is 30.9 Å². The molecule has 0 unspecified atom stereocenters. The Hall–Kier alpha value is -1.31. The highest BCUT2D eigenvalue weighted by atomic mass is 14.9. The molecule has 0 fully saturated rings. The molecular weight excluding hydrogens is 196 g/mol.